The van der Waals surface area contributed by atoms with Gasteiger partial charge in [-0.25, -0.2) is 8.42 Å². The van der Waals surface area contributed by atoms with Gasteiger partial charge in [0.05, 0.1) is 10.9 Å². The van der Waals surface area contributed by atoms with Gasteiger partial charge in [0.1, 0.15) is 5.01 Å². The minimum Gasteiger partial charge on any atom is -0.320 e. The maximum atomic E-state index is 13.3. The van der Waals surface area contributed by atoms with Gasteiger partial charge >= 0.3 is 0 Å². The van der Waals surface area contributed by atoms with E-state index in [-0.39, 0.29) is 9.90 Å². The first-order valence-electron chi connectivity index (χ1n) is 9.44. The van der Waals surface area contributed by atoms with Crippen LogP contribution in [-0.2, 0) is 10.0 Å². The molecule has 2 heterocycles. The predicted molar refractivity (Wildman–Crippen MR) is 121 cm³/mol. The van der Waals surface area contributed by atoms with Crippen LogP contribution in [0.15, 0.2) is 47.4 Å². The van der Waals surface area contributed by atoms with Crippen LogP contribution in [0.3, 0.4) is 0 Å². The number of sulfonamides is 1. The third-order valence-electron chi connectivity index (χ3n) is 5.01. The number of rotatable bonds is 5. The van der Waals surface area contributed by atoms with E-state index in [9.17, 15) is 13.2 Å². The van der Waals surface area contributed by atoms with Crippen molar-refractivity contribution in [1.29, 1.82) is 0 Å². The number of anilines is 1. The number of amides is 1. The average Bonchev–Trinajstić information content (AvgIpc) is 3.39. The van der Waals surface area contributed by atoms with E-state index < -0.39 is 22.0 Å². The highest BCUT2D eigenvalue weighted by Crippen LogP contribution is 2.39. The largest absolute Gasteiger partial charge is 0.320 e. The molecule has 7 nitrogen and oxygen atoms in total. The van der Waals surface area contributed by atoms with E-state index in [4.69, 9.17) is 23.2 Å². The summed E-state index contributed by atoms with van der Waals surface area (Å²) < 4.78 is 28.1. The Labute approximate surface area is 194 Å². The molecule has 1 fully saturated rings. The maximum Gasteiger partial charge on any atom is 0.286 e. The molecule has 31 heavy (non-hydrogen) atoms. The molecule has 0 radical (unpaired) electrons. The third kappa shape index (κ3) is 4.47. The lowest BCUT2D eigenvalue weighted by Gasteiger charge is -2.23. The van der Waals surface area contributed by atoms with Gasteiger partial charge in [0.15, 0.2) is 0 Å². The Morgan fingerprint density at radius 3 is 2.74 bits per heavy atom. The number of nitrogens with one attached hydrogen (secondary N) is 1. The van der Waals surface area contributed by atoms with Gasteiger partial charge in [-0.05, 0) is 55.7 Å². The molecule has 0 saturated carbocycles. The molecular weight excluding hydrogens is 479 g/mol. The van der Waals surface area contributed by atoms with Crippen LogP contribution in [0, 0.1) is 6.92 Å². The summed E-state index contributed by atoms with van der Waals surface area (Å²) in [5, 5.41) is 12.4. The van der Waals surface area contributed by atoms with Gasteiger partial charge in [-0.1, -0.05) is 46.7 Å². The van der Waals surface area contributed by atoms with Crippen molar-refractivity contribution in [3.8, 4) is 0 Å². The molecular formula is C20H18Cl2N4O3S2. The Morgan fingerprint density at radius 2 is 1.97 bits per heavy atom. The summed E-state index contributed by atoms with van der Waals surface area (Å²) in [6.45, 7) is 2.05. The van der Waals surface area contributed by atoms with Crippen LogP contribution < -0.4 is 5.32 Å². The van der Waals surface area contributed by atoms with E-state index >= 15 is 0 Å². The monoisotopic (exact) mass is 496 g/mol. The first kappa shape index (κ1) is 22.2. The number of carbonyl (C=O) groups excluding carboxylic acids is 1. The zero-order valence-corrected chi connectivity index (χ0v) is 19.5. The van der Waals surface area contributed by atoms with Crippen molar-refractivity contribution in [2.24, 2.45) is 0 Å². The first-order chi connectivity index (χ1) is 14.8. The number of nitrogens with zero attached hydrogens (tertiary/aromatic N) is 3. The van der Waals surface area contributed by atoms with Gasteiger partial charge in [0, 0.05) is 22.3 Å². The smallest absolute Gasteiger partial charge is 0.286 e. The van der Waals surface area contributed by atoms with E-state index in [1.165, 1.54) is 4.31 Å². The van der Waals surface area contributed by atoms with Crippen LogP contribution in [0.5, 0.6) is 0 Å². The van der Waals surface area contributed by atoms with Crippen LogP contribution in [-0.4, -0.2) is 35.4 Å². The fourth-order valence-corrected chi connectivity index (χ4v) is 6.76. The van der Waals surface area contributed by atoms with E-state index in [1.807, 2.05) is 0 Å². The second kappa shape index (κ2) is 8.84. The molecule has 1 aliphatic rings. The SMILES string of the molecule is Cc1c(Cl)cccc1S(=O)(=O)N1CCCC1c1nnc(C(=O)Nc2cccc(Cl)c2)s1. The highest BCUT2D eigenvalue weighted by Gasteiger charge is 2.39. The molecule has 162 valence electrons. The van der Waals surface area contributed by atoms with E-state index in [2.05, 4.69) is 15.5 Å². The molecule has 1 unspecified atom stereocenters. The summed E-state index contributed by atoms with van der Waals surface area (Å²) in [4.78, 5) is 12.7. The minimum absolute atomic E-state index is 0.151. The Balaban J connectivity index is 1.58. The molecule has 0 bridgehead atoms. The fraction of sp³-hybridized carbons (Fsp3) is 0.250. The third-order valence-corrected chi connectivity index (χ3v) is 8.73. The van der Waals surface area contributed by atoms with E-state index in [1.54, 1.807) is 49.4 Å². The topological polar surface area (TPSA) is 92.3 Å². The van der Waals surface area contributed by atoms with Gasteiger partial charge in [0.2, 0.25) is 15.0 Å². The predicted octanol–water partition coefficient (Wildman–Crippen LogP) is 4.93. The second-order valence-corrected chi connectivity index (χ2v) is 10.8. The van der Waals surface area contributed by atoms with Crippen molar-refractivity contribution in [2.45, 2.75) is 30.7 Å². The molecule has 0 aliphatic carbocycles. The molecule has 1 aliphatic heterocycles. The summed E-state index contributed by atoms with van der Waals surface area (Å²) in [6, 6.07) is 11.1. The summed E-state index contributed by atoms with van der Waals surface area (Å²) in [6.07, 6.45) is 1.29. The summed E-state index contributed by atoms with van der Waals surface area (Å²) >= 11 is 13.2. The van der Waals surface area contributed by atoms with Crippen LogP contribution >= 0.6 is 34.5 Å². The molecule has 1 saturated heterocycles. The Kier molecular flexibility index (Phi) is 6.32. The van der Waals surface area contributed by atoms with Crippen molar-refractivity contribution < 1.29 is 13.2 Å². The van der Waals surface area contributed by atoms with Crippen LogP contribution in [0.1, 0.15) is 39.3 Å². The van der Waals surface area contributed by atoms with E-state index in [0.717, 1.165) is 11.3 Å². The van der Waals surface area contributed by atoms with Gasteiger partial charge in [-0.3, -0.25) is 4.79 Å². The van der Waals surface area contributed by atoms with Crippen LogP contribution in [0.2, 0.25) is 10.0 Å². The van der Waals surface area contributed by atoms with Crippen molar-refractivity contribution in [3.05, 3.63) is 68.1 Å². The number of carbonyl (C=O) groups is 1. The number of halogens is 2. The van der Waals surface area contributed by atoms with Crippen molar-refractivity contribution >= 4 is 56.2 Å². The standard InChI is InChI=1S/C20H18Cl2N4O3S2/c1-12-15(22)7-3-9-17(12)31(28,29)26-10-4-8-16(26)19-24-25-20(30-19)18(27)23-14-6-2-5-13(21)11-14/h2-3,5-7,9,11,16H,4,8,10H2,1H3,(H,23,27). The molecule has 1 amide bonds. The second-order valence-electron chi connectivity index (χ2n) is 7.05. The number of hydrogen-bond donors (Lipinski definition) is 1. The first-order valence-corrected chi connectivity index (χ1v) is 12.5. The van der Waals surface area contributed by atoms with E-state index in [0.29, 0.717) is 45.7 Å². The molecule has 1 atom stereocenters. The fourth-order valence-electron chi connectivity index (χ4n) is 3.48. The highest BCUT2D eigenvalue weighted by atomic mass is 35.5. The Hall–Kier alpha value is -2.04. The van der Waals surface area contributed by atoms with Gasteiger partial charge < -0.3 is 5.32 Å². The normalized spacial score (nSPS) is 17.1. The lowest BCUT2D eigenvalue weighted by Crippen LogP contribution is -2.31. The molecule has 1 N–H and O–H groups in total. The zero-order chi connectivity index (χ0) is 22.2. The Morgan fingerprint density at radius 1 is 1.19 bits per heavy atom. The molecule has 4 rings (SSSR count). The number of hydrogen-bond acceptors (Lipinski definition) is 6. The summed E-state index contributed by atoms with van der Waals surface area (Å²) in [7, 11) is -3.78. The van der Waals surface area contributed by atoms with Crippen LogP contribution in [0.4, 0.5) is 5.69 Å². The number of aromatic nitrogens is 2. The lowest BCUT2D eigenvalue weighted by molar-refractivity contribution is 0.102. The molecule has 3 aromatic rings. The lowest BCUT2D eigenvalue weighted by atomic mass is 10.2. The number of benzene rings is 2. The van der Waals surface area contributed by atoms with Gasteiger partial charge in [-0.2, -0.15) is 4.31 Å². The molecule has 1 aromatic heterocycles. The van der Waals surface area contributed by atoms with Crippen molar-refractivity contribution in [2.75, 3.05) is 11.9 Å². The minimum atomic E-state index is -3.78. The zero-order valence-electron chi connectivity index (χ0n) is 16.4. The molecule has 2 aromatic carbocycles. The van der Waals surface area contributed by atoms with Gasteiger partial charge in [-0.15, -0.1) is 10.2 Å². The van der Waals surface area contributed by atoms with Crippen molar-refractivity contribution in [3.63, 3.8) is 0 Å². The summed E-state index contributed by atoms with van der Waals surface area (Å²) in [5.74, 6) is -0.427. The van der Waals surface area contributed by atoms with Crippen molar-refractivity contribution in [1.82, 2.24) is 14.5 Å². The van der Waals surface area contributed by atoms with Crippen LogP contribution in [0.25, 0.3) is 0 Å². The molecule has 0 spiro atoms. The summed E-state index contributed by atoms with van der Waals surface area (Å²) in [5.41, 5.74) is 1.05. The van der Waals surface area contributed by atoms with Gasteiger partial charge in [0.25, 0.3) is 5.91 Å². The quantitative estimate of drug-likeness (QED) is 0.540. The molecule has 11 heteroatoms. The average molecular weight is 497 g/mol. The highest BCUT2D eigenvalue weighted by molar-refractivity contribution is 7.89. The Bertz CT molecular complexity index is 1250. The maximum absolute atomic E-state index is 13.3.